The number of aliphatic hydroxyl groups is 1. The third-order valence-corrected chi connectivity index (χ3v) is 4.64. The van der Waals surface area contributed by atoms with Gasteiger partial charge in [0.15, 0.2) is 0 Å². The standard InChI is InChI=1S/C16H24N2O/c1-18(2)15-8-3-5-12(9-15)16(19)10-13-6-4-7-14(11-16)17-13/h3,5,8-9,13-14,17,19H,4,6-7,10-11H2,1-2H3. The van der Waals surface area contributed by atoms with Crippen LogP contribution in [0.25, 0.3) is 0 Å². The van der Waals surface area contributed by atoms with Crippen molar-refractivity contribution in [3.63, 3.8) is 0 Å². The normalized spacial score (nSPS) is 34.1. The molecule has 2 heterocycles. The summed E-state index contributed by atoms with van der Waals surface area (Å²) in [5, 5.41) is 14.7. The van der Waals surface area contributed by atoms with Crippen molar-refractivity contribution in [1.82, 2.24) is 5.32 Å². The van der Waals surface area contributed by atoms with Crippen LogP contribution in [0.3, 0.4) is 0 Å². The molecule has 0 saturated carbocycles. The van der Waals surface area contributed by atoms with Crippen LogP contribution in [0.15, 0.2) is 24.3 Å². The van der Waals surface area contributed by atoms with Gasteiger partial charge in [-0.1, -0.05) is 18.6 Å². The van der Waals surface area contributed by atoms with Crippen LogP contribution in [-0.4, -0.2) is 31.3 Å². The van der Waals surface area contributed by atoms with E-state index in [4.69, 9.17) is 0 Å². The molecule has 2 N–H and O–H groups in total. The van der Waals surface area contributed by atoms with E-state index in [1.165, 1.54) is 19.3 Å². The first-order valence-corrected chi connectivity index (χ1v) is 7.33. The Morgan fingerprint density at radius 2 is 1.89 bits per heavy atom. The number of hydrogen-bond acceptors (Lipinski definition) is 3. The van der Waals surface area contributed by atoms with Crippen molar-refractivity contribution in [2.45, 2.75) is 49.8 Å². The first kappa shape index (κ1) is 12.9. The quantitative estimate of drug-likeness (QED) is 0.856. The zero-order valence-corrected chi connectivity index (χ0v) is 11.9. The van der Waals surface area contributed by atoms with E-state index in [2.05, 4.69) is 34.5 Å². The number of nitrogens with one attached hydrogen (secondary N) is 1. The lowest BCUT2D eigenvalue weighted by Crippen LogP contribution is -2.54. The van der Waals surface area contributed by atoms with Gasteiger partial charge >= 0.3 is 0 Å². The third kappa shape index (κ3) is 2.49. The van der Waals surface area contributed by atoms with Crippen LogP contribution in [-0.2, 0) is 5.60 Å². The smallest absolute Gasteiger partial charge is 0.0926 e. The maximum absolute atomic E-state index is 11.1. The van der Waals surface area contributed by atoms with Crippen molar-refractivity contribution in [2.75, 3.05) is 19.0 Å². The zero-order valence-electron chi connectivity index (χ0n) is 11.9. The Balaban J connectivity index is 1.89. The number of hydrogen-bond donors (Lipinski definition) is 2. The Kier molecular flexibility index (Phi) is 3.27. The molecule has 0 aliphatic carbocycles. The Morgan fingerprint density at radius 1 is 1.21 bits per heavy atom. The highest BCUT2D eigenvalue weighted by molar-refractivity contribution is 5.48. The van der Waals surface area contributed by atoms with Crippen molar-refractivity contribution >= 4 is 5.69 Å². The molecule has 2 aliphatic rings. The lowest BCUT2D eigenvalue weighted by molar-refractivity contribution is -0.0358. The molecule has 2 bridgehead atoms. The first-order valence-electron chi connectivity index (χ1n) is 7.33. The van der Waals surface area contributed by atoms with Crippen LogP contribution in [0.4, 0.5) is 5.69 Å². The van der Waals surface area contributed by atoms with Crippen LogP contribution in [0.5, 0.6) is 0 Å². The lowest BCUT2D eigenvalue weighted by Gasteiger charge is -2.45. The molecule has 1 aromatic carbocycles. The molecule has 104 valence electrons. The van der Waals surface area contributed by atoms with Crippen LogP contribution < -0.4 is 10.2 Å². The van der Waals surface area contributed by atoms with Crippen LogP contribution >= 0.6 is 0 Å². The summed E-state index contributed by atoms with van der Waals surface area (Å²) in [5.41, 5.74) is 1.60. The second-order valence-corrected chi connectivity index (χ2v) is 6.38. The molecule has 3 heteroatoms. The number of benzene rings is 1. The minimum absolute atomic E-state index is 0.487. The van der Waals surface area contributed by atoms with E-state index in [1.807, 2.05) is 14.1 Å². The molecule has 0 spiro atoms. The van der Waals surface area contributed by atoms with Crippen LogP contribution in [0.2, 0.25) is 0 Å². The second-order valence-electron chi connectivity index (χ2n) is 6.38. The predicted molar refractivity (Wildman–Crippen MR) is 78.5 cm³/mol. The van der Waals surface area contributed by atoms with Gasteiger partial charge in [0.25, 0.3) is 0 Å². The largest absolute Gasteiger partial charge is 0.385 e. The topological polar surface area (TPSA) is 35.5 Å². The van der Waals surface area contributed by atoms with Gasteiger partial charge in [-0.3, -0.25) is 0 Å². The predicted octanol–water partition coefficient (Wildman–Crippen LogP) is 2.24. The van der Waals surface area contributed by atoms with Crippen molar-refractivity contribution in [1.29, 1.82) is 0 Å². The van der Waals surface area contributed by atoms with E-state index in [9.17, 15) is 5.11 Å². The van der Waals surface area contributed by atoms with E-state index >= 15 is 0 Å². The molecular weight excluding hydrogens is 236 g/mol. The van der Waals surface area contributed by atoms with Gasteiger partial charge in [0.2, 0.25) is 0 Å². The highest BCUT2D eigenvalue weighted by atomic mass is 16.3. The highest BCUT2D eigenvalue weighted by Crippen LogP contribution is 2.40. The molecule has 0 radical (unpaired) electrons. The minimum Gasteiger partial charge on any atom is -0.385 e. The maximum Gasteiger partial charge on any atom is 0.0926 e. The fourth-order valence-corrected chi connectivity index (χ4v) is 3.64. The molecule has 0 aromatic heterocycles. The van der Waals surface area contributed by atoms with Crippen LogP contribution in [0.1, 0.15) is 37.7 Å². The lowest BCUT2D eigenvalue weighted by atomic mass is 9.74. The van der Waals surface area contributed by atoms with Gasteiger partial charge in [0.05, 0.1) is 5.60 Å². The highest BCUT2D eigenvalue weighted by Gasteiger charge is 2.41. The van der Waals surface area contributed by atoms with Crippen molar-refractivity contribution in [3.8, 4) is 0 Å². The van der Waals surface area contributed by atoms with E-state index in [-0.39, 0.29) is 0 Å². The molecule has 19 heavy (non-hydrogen) atoms. The molecule has 1 aromatic rings. The molecule has 2 atom stereocenters. The summed E-state index contributed by atoms with van der Waals surface area (Å²) in [4.78, 5) is 2.09. The van der Waals surface area contributed by atoms with Crippen LogP contribution in [0, 0.1) is 0 Å². The van der Waals surface area contributed by atoms with Crippen molar-refractivity contribution < 1.29 is 5.11 Å². The number of piperidine rings is 2. The SMILES string of the molecule is CN(C)c1cccc(C2(O)CC3CCCC(C2)N3)c1. The van der Waals surface area contributed by atoms with Gasteiger partial charge in [0.1, 0.15) is 0 Å². The van der Waals surface area contributed by atoms with E-state index in [0.717, 1.165) is 24.1 Å². The number of rotatable bonds is 2. The summed E-state index contributed by atoms with van der Waals surface area (Å²) in [6.07, 6.45) is 5.40. The number of nitrogens with zero attached hydrogens (tertiary/aromatic N) is 1. The molecule has 2 unspecified atom stereocenters. The Bertz CT molecular complexity index is 446. The molecule has 2 saturated heterocycles. The van der Waals surface area contributed by atoms with Gasteiger partial charge in [-0.15, -0.1) is 0 Å². The molecule has 3 rings (SSSR count). The Morgan fingerprint density at radius 3 is 2.53 bits per heavy atom. The van der Waals surface area contributed by atoms with E-state index in [1.54, 1.807) is 0 Å². The molecule has 3 nitrogen and oxygen atoms in total. The number of fused-ring (bicyclic) bond motifs is 2. The molecule has 0 amide bonds. The van der Waals surface area contributed by atoms with E-state index < -0.39 is 5.60 Å². The van der Waals surface area contributed by atoms with Crippen molar-refractivity contribution in [2.24, 2.45) is 0 Å². The van der Waals surface area contributed by atoms with Gasteiger partial charge in [-0.2, -0.15) is 0 Å². The average Bonchev–Trinajstić information content (AvgIpc) is 2.38. The van der Waals surface area contributed by atoms with Gasteiger partial charge in [-0.05, 0) is 43.4 Å². The Hall–Kier alpha value is -1.06. The minimum atomic E-state index is -0.646. The monoisotopic (exact) mass is 260 g/mol. The van der Waals surface area contributed by atoms with Gasteiger partial charge in [-0.25, -0.2) is 0 Å². The Labute approximate surface area is 115 Å². The maximum atomic E-state index is 11.1. The molecular formula is C16H24N2O. The average molecular weight is 260 g/mol. The molecule has 2 aliphatic heterocycles. The van der Waals surface area contributed by atoms with Gasteiger partial charge in [0, 0.05) is 31.9 Å². The summed E-state index contributed by atoms with van der Waals surface area (Å²) in [7, 11) is 4.08. The van der Waals surface area contributed by atoms with E-state index in [0.29, 0.717) is 12.1 Å². The first-order chi connectivity index (χ1) is 9.07. The fourth-order valence-electron chi connectivity index (χ4n) is 3.64. The zero-order chi connectivity index (χ0) is 13.5. The fraction of sp³-hybridized carbons (Fsp3) is 0.625. The summed E-state index contributed by atoms with van der Waals surface area (Å²) >= 11 is 0. The summed E-state index contributed by atoms with van der Waals surface area (Å²) in [5.74, 6) is 0. The third-order valence-electron chi connectivity index (χ3n) is 4.64. The number of anilines is 1. The summed E-state index contributed by atoms with van der Waals surface area (Å²) < 4.78 is 0. The summed E-state index contributed by atoms with van der Waals surface area (Å²) in [6.45, 7) is 0. The molecule has 2 fully saturated rings. The van der Waals surface area contributed by atoms with Gasteiger partial charge < -0.3 is 15.3 Å². The summed E-state index contributed by atoms with van der Waals surface area (Å²) in [6, 6.07) is 9.34. The second kappa shape index (κ2) is 4.80. The van der Waals surface area contributed by atoms with Crippen molar-refractivity contribution in [3.05, 3.63) is 29.8 Å².